The average Bonchev–Trinajstić information content (AvgIpc) is 2.69. The number of halogens is 3. The van der Waals surface area contributed by atoms with Crippen molar-refractivity contribution in [3.8, 4) is 0 Å². The number of hydrogen-bond acceptors (Lipinski definition) is 4. The molecule has 1 aliphatic heterocycles. The van der Waals surface area contributed by atoms with Gasteiger partial charge in [-0.1, -0.05) is 37.0 Å². The fourth-order valence-corrected chi connectivity index (χ4v) is 3.41. The van der Waals surface area contributed by atoms with Crippen molar-refractivity contribution in [2.75, 3.05) is 52.9 Å². The minimum absolute atomic E-state index is 0. The Morgan fingerprint density at radius 1 is 1.23 bits per heavy atom. The highest BCUT2D eigenvalue weighted by Crippen LogP contribution is 2.22. The number of morpholine rings is 1. The molecule has 1 aromatic rings. The molecule has 1 heterocycles. The molecule has 1 fully saturated rings. The molecule has 170 valence electrons. The number of nitrogens with zero attached hydrogens (tertiary/aromatic N) is 2. The van der Waals surface area contributed by atoms with E-state index in [-0.39, 0.29) is 36.0 Å². The van der Waals surface area contributed by atoms with Crippen molar-refractivity contribution in [1.82, 2.24) is 20.9 Å². The topological polar surface area (TPSA) is 78.0 Å². The number of nitrogens with one attached hydrogen (secondary N) is 3. The second-order valence-electron chi connectivity index (χ2n) is 7.41. The molecule has 1 unspecified atom stereocenters. The van der Waals surface area contributed by atoms with E-state index in [1.807, 2.05) is 0 Å². The van der Waals surface area contributed by atoms with E-state index in [4.69, 9.17) is 27.9 Å². The molecule has 1 amide bonds. The molecule has 1 aliphatic rings. The number of aliphatic imine (C=N–C) groups is 1. The zero-order valence-corrected chi connectivity index (χ0v) is 21.6. The van der Waals surface area contributed by atoms with Gasteiger partial charge in [0.05, 0.1) is 22.8 Å². The van der Waals surface area contributed by atoms with Crippen LogP contribution < -0.4 is 16.0 Å². The van der Waals surface area contributed by atoms with E-state index in [2.05, 4.69) is 39.7 Å². The molecular formula is C20H32Cl2IN5O2. The van der Waals surface area contributed by atoms with Crippen molar-refractivity contribution < 1.29 is 9.53 Å². The predicted octanol–water partition coefficient (Wildman–Crippen LogP) is 2.86. The number of ether oxygens (including phenoxy) is 1. The summed E-state index contributed by atoms with van der Waals surface area (Å²) in [5, 5.41) is 10.1. The fourth-order valence-electron chi connectivity index (χ4n) is 3.11. The highest BCUT2D eigenvalue weighted by atomic mass is 127. The van der Waals surface area contributed by atoms with Gasteiger partial charge in [-0.05, 0) is 24.1 Å². The van der Waals surface area contributed by atoms with Crippen LogP contribution in [0.25, 0.3) is 0 Å². The van der Waals surface area contributed by atoms with Crippen LogP contribution in [0.2, 0.25) is 10.0 Å². The zero-order valence-electron chi connectivity index (χ0n) is 17.7. The van der Waals surface area contributed by atoms with Crippen LogP contribution in [0.4, 0.5) is 0 Å². The van der Waals surface area contributed by atoms with Crippen LogP contribution in [0.15, 0.2) is 23.2 Å². The quantitative estimate of drug-likeness (QED) is 0.194. The predicted molar refractivity (Wildman–Crippen MR) is 135 cm³/mol. The van der Waals surface area contributed by atoms with E-state index in [9.17, 15) is 4.79 Å². The van der Waals surface area contributed by atoms with Crippen molar-refractivity contribution in [2.24, 2.45) is 10.9 Å². The van der Waals surface area contributed by atoms with Crippen LogP contribution in [0.3, 0.4) is 0 Å². The summed E-state index contributed by atoms with van der Waals surface area (Å²) in [5.74, 6) is 1.13. The molecule has 7 nitrogen and oxygen atoms in total. The van der Waals surface area contributed by atoms with Gasteiger partial charge in [0.25, 0.3) is 5.91 Å². The number of carbonyl (C=O) groups is 1. The number of carbonyl (C=O) groups excluding carboxylic acids is 1. The Bertz CT molecular complexity index is 706. The first-order valence-electron chi connectivity index (χ1n) is 9.90. The van der Waals surface area contributed by atoms with Crippen molar-refractivity contribution in [3.05, 3.63) is 33.8 Å². The summed E-state index contributed by atoms with van der Waals surface area (Å²) in [6.07, 6.45) is 0.135. The first kappa shape index (κ1) is 27.2. The smallest absolute Gasteiger partial charge is 0.251 e. The van der Waals surface area contributed by atoms with Gasteiger partial charge in [-0.15, -0.1) is 24.0 Å². The Hall–Kier alpha value is -0.810. The standard InChI is InChI=1S/C20H31Cl2N5O2.HI/c1-14(2)12-27-8-9-29-16(13-27)11-26-20(23-3)25-7-6-24-19(28)15-4-5-17(21)18(22)10-15;/h4-5,10,14,16H,6-9,11-13H2,1-3H3,(H,24,28)(H2,23,25,26);1H. The molecule has 30 heavy (non-hydrogen) atoms. The molecule has 2 rings (SSSR count). The van der Waals surface area contributed by atoms with Gasteiger partial charge in [0.2, 0.25) is 0 Å². The van der Waals surface area contributed by atoms with E-state index in [0.29, 0.717) is 47.1 Å². The van der Waals surface area contributed by atoms with Crippen molar-refractivity contribution in [2.45, 2.75) is 20.0 Å². The molecular weight excluding hydrogens is 540 g/mol. The minimum Gasteiger partial charge on any atom is -0.374 e. The van der Waals surface area contributed by atoms with Crippen LogP contribution >= 0.6 is 47.2 Å². The highest BCUT2D eigenvalue weighted by molar-refractivity contribution is 14.0. The summed E-state index contributed by atoms with van der Waals surface area (Å²) in [5.41, 5.74) is 0.474. The third kappa shape index (κ3) is 9.55. The molecule has 10 heteroatoms. The van der Waals surface area contributed by atoms with Gasteiger partial charge in [0, 0.05) is 51.9 Å². The van der Waals surface area contributed by atoms with Crippen LogP contribution in [0, 0.1) is 5.92 Å². The van der Waals surface area contributed by atoms with E-state index < -0.39 is 0 Å². The van der Waals surface area contributed by atoms with Gasteiger partial charge >= 0.3 is 0 Å². The summed E-state index contributed by atoms with van der Waals surface area (Å²) < 4.78 is 5.84. The van der Waals surface area contributed by atoms with E-state index >= 15 is 0 Å². The number of benzene rings is 1. The Kier molecular flexibility index (Phi) is 13.0. The molecule has 0 aliphatic carbocycles. The van der Waals surface area contributed by atoms with Crippen LogP contribution in [-0.4, -0.2) is 75.8 Å². The Morgan fingerprint density at radius 3 is 2.63 bits per heavy atom. The van der Waals surface area contributed by atoms with Crippen molar-refractivity contribution >= 4 is 59.0 Å². The normalized spacial score (nSPS) is 17.4. The molecule has 1 aromatic carbocycles. The summed E-state index contributed by atoms with van der Waals surface area (Å²) in [6, 6.07) is 4.81. The lowest BCUT2D eigenvalue weighted by Gasteiger charge is -2.34. The van der Waals surface area contributed by atoms with E-state index in [0.717, 1.165) is 26.2 Å². The first-order valence-corrected chi connectivity index (χ1v) is 10.7. The molecule has 0 saturated carbocycles. The molecule has 1 atom stereocenters. The summed E-state index contributed by atoms with van der Waals surface area (Å²) in [7, 11) is 1.72. The molecule has 0 radical (unpaired) electrons. The maximum absolute atomic E-state index is 12.2. The van der Waals surface area contributed by atoms with Gasteiger partial charge in [-0.25, -0.2) is 0 Å². The first-order chi connectivity index (χ1) is 13.9. The third-order valence-corrected chi connectivity index (χ3v) is 5.19. The molecule has 0 bridgehead atoms. The van der Waals surface area contributed by atoms with Gasteiger partial charge in [0.1, 0.15) is 0 Å². The molecule has 3 N–H and O–H groups in total. The average molecular weight is 572 g/mol. The molecule has 0 spiro atoms. The van der Waals surface area contributed by atoms with E-state index in [1.54, 1.807) is 25.2 Å². The van der Waals surface area contributed by atoms with Gasteiger partial charge in [-0.2, -0.15) is 0 Å². The Morgan fingerprint density at radius 2 is 1.97 bits per heavy atom. The Labute approximate surface area is 206 Å². The SMILES string of the molecule is CN=C(NCCNC(=O)c1ccc(Cl)c(Cl)c1)NCC1CN(CC(C)C)CCO1.I. The maximum atomic E-state index is 12.2. The van der Waals surface area contributed by atoms with E-state index in [1.165, 1.54) is 0 Å². The summed E-state index contributed by atoms with van der Waals surface area (Å²) in [4.78, 5) is 18.8. The number of hydrogen-bond donors (Lipinski definition) is 3. The van der Waals surface area contributed by atoms with Crippen LogP contribution in [-0.2, 0) is 4.74 Å². The molecule has 0 aromatic heterocycles. The fraction of sp³-hybridized carbons (Fsp3) is 0.600. The molecule has 1 saturated heterocycles. The third-order valence-electron chi connectivity index (χ3n) is 4.45. The van der Waals surface area contributed by atoms with Crippen LogP contribution in [0.1, 0.15) is 24.2 Å². The lowest BCUT2D eigenvalue weighted by atomic mass is 10.2. The zero-order chi connectivity index (χ0) is 21.2. The largest absolute Gasteiger partial charge is 0.374 e. The van der Waals surface area contributed by atoms with Crippen LogP contribution in [0.5, 0.6) is 0 Å². The van der Waals surface area contributed by atoms with Crippen molar-refractivity contribution in [1.29, 1.82) is 0 Å². The number of rotatable bonds is 8. The Balaban J connectivity index is 0.00000450. The minimum atomic E-state index is -0.200. The summed E-state index contributed by atoms with van der Waals surface area (Å²) >= 11 is 11.8. The lowest BCUT2D eigenvalue weighted by Crippen LogP contribution is -2.50. The second kappa shape index (κ2) is 14.3. The van der Waals surface area contributed by atoms with Gasteiger partial charge in [-0.3, -0.25) is 14.7 Å². The van der Waals surface area contributed by atoms with Gasteiger partial charge in [0.15, 0.2) is 5.96 Å². The van der Waals surface area contributed by atoms with Gasteiger partial charge < -0.3 is 20.7 Å². The number of guanidine groups is 1. The monoisotopic (exact) mass is 571 g/mol. The number of amides is 1. The highest BCUT2D eigenvalue weighted by Gasteiger charge is 2.21. The lowest BCUT2D eigenvalue weighted by molar-refractivity contribution is -0.0284. The second-order valence-corrected chi connectivity index (χ2v) is 8.23. The summed E-state index contributed by atoms with van der Waals surface area (Å²) in [6.45, 7) is 9.88. The maximum Gasteiger partial charge on any atom is 0.251 e. The van der Waals surface area contributed by atoms with Crippen molar-refractivity contribution in [3.63, 3.8) is 0 Å².